The number of rotatable bonds is 6. The molecule has 1 N–H and O–H groups in total. The van der Waals surface area contributed by atoms with E-state index in [9.17, 15) is 23.1 Å². The van der Waals surface area contributed by atoms with E-state index in [1.54, 1.807) is 0 Å². The molecule has 2 unspecified atom stereocenters. The molecule has 1 aliphatic heterocycles. The molecule has 1 saturated heterocycles. The Morgan fingerprint density at radius 3 is 2.61 bits per heavy atom. The summed E-state index contributed by atoms with van der Waals surface area (Å²) in [5.74, 6) is -2.22. The van der Waals surface area contributed by atoms with Gasteiger partial charge in [0, 0.05) is 24.2 Å². The van der Waals surface area contributed by atoms with Crippen LogP contribution in [0, 0.1) is 0 Å². The lowest BCUT2D eigenvalue weighted by molar-refractivity contribution is -0.252. The van der Waals surface area contributed by atoms with E-state index in [1.165, 1.54) is 25.3 Å². The van der Waals surface area contributed by atoms with Crippen LogP contribution in [-0.4, -0.2) is 48.8 Å². The summed E-state index contributed by atoms with van der Waals surface area (Å²) in [6.45, 7) is 4.66. The first-order chi connectivity index (χ1) is 15.5. The van der Waals surface area contributed by atoms with Crippen LogP contribution in [-0.2, 0) is 32.7 Å². The number of morpholine rings is 1. The average Bonchev–Trinajstić information content (AvgIpc) is 2.79. The first-order valence-electron chi connectivity index (χ1n) is 10.7. The summed E-state index contributed by atoms with van der Waals surface area (Å²) >= 11 is 0. The minimum atomic E-state index is -4.50. The van der Waals surface area contributed by atoms with Gasteiger partial charge in [-0.05, 0) is 49.1 Å². The van der Waals surface area contributed by atoms with E-state index in [4.69, 9.17) is 4.74 Å². The molecule has 33 heavy (non-hydrogen) atoms. The van der Waals surface area contributed by atoms with Crippen LogP contribution >= 0.6 is 0 Å². The summed E-state index contributed by atoms with van der Waals surface area (Å²) in [5, 5.41) is 11.0. The zero-order valence-electron chi connectivity index (χ0n) is 18.9. The van der Waals surface area contributed by atoms with Crippen LogP contribution in [0.4, 0.5) is 13.2 Å². The van der Waals surface area contributed by atoms with Crippen LogP contribution < -0.4 is 0 Å². The van der Waals surface area contributed by atoms with Gasteiger partial charge in [0.25, 0.3) is 0 Å². The third-order valence-corrected chi connectivity index (χ3v) is 5.88. The van der Waals surface area contributed by atoms with Crippen LogP contribution in [0.15, 0.2) is 54.6 Å². The number of benzene rings is 2. The number of methoxy groups -OCH3 is 1. The Bertz CT molecular complexity index is 1000. The lowest BCUT2D eigenvalue weighted by Gasteiger charge is -2.42. The quantitative estimate of drug-likeness (QED) is 0.509. The molecule has 5 nitrogen and oxygen atoms in total. The molecule has 0 amide bonds. The number of allylic oxidation sites excluding steroid dienone is 1. The monoisotopic (exact) mass is 463 g/mol. The number of hydrogen-bond acceptors (Lipinski definition) is 5. The number of carbonyl (C=O) groups excluding carboxylic acids is 1. The second-order valence-electron chi connectivity index (χ2n) is 8.28. The van der Waals surface area contributed by atoms with Gasteiger partial charge in [-0.25, -0.2) is 4.79 Å². The van der Waals surface area contributed by atoms with Crippen molar-refractivity contribution in [2.75, 3.05) is 26.8 Å². The Morgan fingerprint density at radius 2 is 1.97 bits per heavy atom. The van der Waals surface area contributed by atoms with E-state index in [0.717, 1.165) is 28.8 Å². The van der Waals surface area contributed by atoms with E-state index in [0.29, 0.717) is 13.0 Å². The normalized spacial score (nSPS) is 21.0. The molecule has 0 aromatic heterocycles. The van der Waals surface area contributed by atoms with Gasteiger partial charge in [-0.2, -0.15) is 13.2 Å². The molecule has 2 aromatic rings. The highest BCUT2D eigenvalue weighted by Gasteiger charge is 2.39. The van der Waals surface area contributed by atoms with Gasteiger partial charge in [-0.15, -0.1) is 0 Å². The summed E-state index contributed by atoms with van der Waals surface area (Å²) in [7, 11) is 1.33. The Kier molecular flexibility index (Phi) is 7.62. The number of ether oxygens (including phenoxy) is 2. The van der Waals surface area contributed by atoms with Crippen LogP contribution in [0.25, 0.3) is 5.57 Å². The van der Waals surface area contributed by atoms with E-state index < -0.39 is 23.5 Å². The first kappa shape index (κ1) is 25.0. The molecule has 8 heteroatoms. The number of halogens is 3. The summed E-state index contributed by atoms with van der Waals surface area (Å²) < 4.78 is 49.5. The molecule has 2 atom stereocenters. The van der Waals surface area contributed by atoms with E-state index in [-0.39, 0.29) is 24.8 Å². The number of nitrogens with zero attached hydrogens (tertiary/aromatic N) is 1. The standard InChI is InChI=1S/C25H28F3NO4/c1-17(13-23(30)32-3)20-9-7-19(8-10-20)14-18(2)29-11-12-33-24(31,16-29)21-5-4-6-22(15-21)25(26,27)28/h4-10,13,15,18,31H,11-12,14,16H2,1-3H3/b17-13+. The van der Waals surface area contributed by atoms with Crippen LogP contribution in [0.1, 0.15) is 36.1 Å². The third-order valence-electron chi connectivity index (χ3n) is 5.88. The highest BCUT2D eigenvalue weighted by atomic mass is 19.4. The molecule has 1 heterocycles. The molecule has 178 valence electrons. The van der Waals surface area contributed by atoms with Crippen molar-refractivity contribution in [3.05, 3.63) is 76.9 Å². The van der Waals surface area contributed by atoms with Gasteiger partial charge in [-0.1, -0.05) is 36.4 Å². The van der Waals surface area contributed by atoms with Crippen molar-refractivity contribution in [1.82, 2.24) is 4.90 Å². The molecular weight excluding hydrogens is 435 g/mol. The second-order valence-corrected chi connectivity index (χ2v) is 8.28. The van der Waals surface area contributed by atoms with Crippen LogP contribution in [0.2, 0.25) is 0 Å². The van der Waals surface area contributed by atoms with Crippen LogP contribution in [0.5, 0.6) is 0 Å². The Labute approximate surface area is 191 Å². The van der Waals surface area contributed by atoms with Crippen molar-refractivity contribution in [2.45, 2.75) is 38.3 Å². The smallest absolute Gasteiger partial charge is 0.416 e. The average molecular weight is 463 g/mol. The highest BCUT2D eigenvalue weighted by molar-refractivity contribution is 5.90. The first-order valence-corrected chi connectivity index (χ1v) is 10.7. The number of hydrogen-bond donors (Lipinski definition) is 1. The fourth-order valence-corrected chi connectivity index (χ4v) is 3.91. The van der Waals surface area contributed by atoms with Crippen molar-refractivity contribution >= 4 is 11.5 Å². The van der Waals surface area contributed by atoms with Crippen molar-refractivity contribution in [2.24, 2.45) is 0 Å². The van der Waals surface area contributed by atoms with Gasteiger partial charge in [-0.3, -0.25) is 4.90 Å². The van der Waals surface area contributed by atoms with Crippen molar-refractivity contribution in [3.63, 3.8) is 0 Å². The van der Waals surface area contributed by atoms with Gasteiger partial charge in [0.1, 0.15) is 0 Å². The molecule has 1 fully saturated rings. The molecule has 0 aliphatic carbocycles. The SMILES string of the molecule is COC(=O)/C=C(\C)c1ccc(CC(C)N2CCOC(O)(c3cccc(C(F)(F)F)c3)C2)cc1. The fourth-order valence-electron chi connectivity index (χ4n) is 3.91. The topological polar surface area (TPSA) is 59.0 Å². The maximum absolute atomic E-state index is 13.1. The Hall–Kier alpha value is -2.68. The summed E-state index contributed by atoms with van der Waals surface area (Å²) in [6, 6.07) is 12.5. The highest BCUT2D eigenvalue weighted by Crippen LogP contribution is 2.34. The van der Waals surface area contributed by atoms with Gasteiger partial charge in [0.05, 0.1) is 25.8 Å². The van der Waals surface area contributed by atoms with Gasteiger partial charge >= 0.3 is 12.1 Å². The molecule has 0 saturated carbocycles. The van der Waals surface area contributed by atoms with E-state index in [1.807, 2.05) is 43.0 Å². The van der Waals surface area contributed by atoms with E-state index >= 15 is 0 Å². The summed E-state index contributed by atoms with van der Waals surface area (Å²) in [5.41, 5.74) is 2.03. The van der Waals surface area contributed by atoms with Crippen molar-refractivity contribution < 1.29 is 32.5 Å². The predicted molar refractivity (Wildman–Crippen MR) is 118 cm³/mol. The minimum Gasteiger partial charge on any atom is -0.466 e. The summed E-state index contributed by atoms with van der Waals surface area (Å²) in [6.07, 6.45) is -2.39. The number of esters is 1. The molecule has 0 radical (unpaired) electrons. The van der Waals surface area contributed by atoms with Gasteiger partial charge in [0.2, 0.25) is 5.79 Å². The molecule has 0 bridgehead atoms. The molecule has 1 aliphatic rings. The molecular formula is C25H28F3NO4. The predicted octanol–water partition coefficient (Wildman–Crippen LogP) is 4.39. The fraction of sp³-hybridized carbons (Fsp3) is 0.400. The van der Waals surface area contributed by atoms with Gasteiger partial charge < -0.3 is 14.6 Å². The lowest BCUT2D eigenvalue weighted by atomic mass is 9.98. The van der Waals surface area contributed by atoms with Crippen molar-refractivity contribution in [3.8, 4) is 0 Å². The third kappa shape index (κ3) is 6.22. The number of alkyl halides is 3. The number of β-amino-alcohol motifs (C(OH)–C–C–N with tert-alkyl or cyclic N) is 1. The summed E-state index contributed by atoms with van der Waals surface area (Å²) in [4.78, 5) is 13.4. The Balaban J connectivity index is 1.69. The largest absolute Gasteiger partial charge is 0.466 e. The minimum absolute atomic E-state index is 0.0174. The van der Waals surface area contributed by atoms with E-state index in [2.05, 4.69) is 4.74 Å². The van der Waals surface area contributed by atoms with Crippen LogP contribution in [0.3, 0.4) is 0 Å². The van der Waals surface area contributed by atoms with Gasteiger partial charge in [0.15, 0.2) is 0 Å². The second kappa shape index (κ2) is 10.1. The molecule has 2 aromatic carbocycles. The number of carbonyl (C=O) groups is 1. The Morgan fingerprint density at radius 1 is 1.27 bits per heavy atom. The lowest BCUT2D eigenvalue weighted by Crippen LogP contribution is -2.53. The van der Waals surface area contributed by atoms with Crippen molar-refractivity contribution in [1.29, 1.82) is 0 Å². The maximum atomic E-state index is 13.1. The maximum Gasteiger partial charge on any atom is 0.416 e. The molecule has 3 rings (SSSR count). The zero-order valence-corrected chi connectivity index (χ0v) is 18.9. The number of aliphatic hydroxyl groups is 1. The zero-order chi connectivity index (χ0) is 24.2. The molecule has 0 spiro atoms.